The summed E-state index contributed by atoms with van der Waals surface area (Å²) in [6.45, 7) is 3.35. The van der Waals surface area contributed by atoms with Crippen LogP contribution in [-0.4, -0.2) is 24.0 Å². The van der Waals surface area contributed by atoms with E-state index < -0.39 is 17.6 Å². The third-order valence-corrected chi connectivity index (χ3v) is 5.10. The summed E-state index contributed by atoms with van der Waals surface area (Å²) in [5, 5.41) is 5.07. The van der Waals surface area contributed by atoms with Gasteiger partial charge in [-0.2, -0.15) is 13.2 Å². The van der Waals surface area contributed by atoms with Crippen LogP contribution in [-0.2, 0) is 12.6 Å². The number of carbonyl (C=O) groups is 1. The fourth-order valence-corrected chi connectivity index (χ4v) is 3.76. The van der Waals surface area contributed by atoms with Crippen LogP contribution < -0.4 is 10.2 Å². The molecule has 1 aromatic carbocycles. The van der Waals surface area contributed by atoms with Crippen molar-refractivity contribution in [1.82, 2.24) is 4.98 Å². The molecule has 1 saturated heterocycles. The van der Waals surface area contributed by atoms with E-state index in [-0.39, 0.29) is 5.56 Å². The summed E-state index contributed by atoms with van der Waals surface area (Å²) in [5.41, 5.74) is 0.739. The predicted octanol–water partition coefficient (Wildman–Crippen LogP) is 4.97. The van der Waals surface area contributed by atoms with Crippen LogP contribution in [0.25, 0.3) is 0 Å². The average Bonchev–Trinajstić information content (AvgIpc) is 3.26. The van der Waals surface area contributed by atoms with Crippen molar-refractivity contribution in [3.05, 3.63) is 40.4 Å². The van der Waals surface area contributed by atoms with Gasteiger partial charge in [-0.3, -0.25) is 10.1 Å². The maximum Gasteiger partial charge on any atom is 0.416 e. The van der Waals surface area contributed by atoms with Crippen molar-refractivity contribution in [3.8, 4) is 0 Å². The molecule has 1 aromatic heterocycles. The van der Waals surface area contributed by atoms with Crippen LogP contribution in [0, 0.1) is 0 Å². The first-order chi connectivity index (χ1) is 12.4. The first-order valence-electron chi connectivity index (χ1n) is 8.60. The SMILES string of the molecule is CCCc1csc(NC(=O)c2ccc(C(F)(F)F)cc2N2CCCC2)n1. The lowest BCUT2D eigenvalue weighted by molar-refractivity contribution is -0.137. The number of alkyl halides is 3. The molecule has 1 fully saturated rings. The Balaban J connectivity index is 1.88. The molecule has 140 valence electrons. The number of nitrogens with zero attached hydrogens (tertiary/aromatic N) is 2. The Morgan fingerprint density at radius 1 is 1.31 bits per heavy atom. The minimum Gasteiger partial charge on any atom is -0.371 e. The summed E-state index contributed by atoms with van der Waals surface area (Å²) < 4.78 is 39.2. The molecule has 1 amide bonds. The zero-order valence-corrected chi connectivity index (χ0v) is 15.2. The minimum atomic E-state index is -4.44. The van der Waals surface area contributed by atoms with Crippen molar-refractivity contribution in [2.24, 2.45) is 0 Å². The van der Waals surface area contributed by atoms with Crippen molar-refractivity contribution < 1.29 is 18.0 Å². The average molecular weight is 383 g/mol. The molecule has 0 radical (unpaired) electrons. The molecular weight excluding hydrogens is 363 g/mol. The highest BCUT2D eigenvalue weighted by molar-refractivity contribution is 7.14. The largest absolute Gasteiger partial charge is 0.416 e. The van der Waals surface area contributed by atoms with Gasteiger partial charge in [0, 0.05) is 18.5 Å². The molecule has 1 aliphatic heterocycles. The summed E-state index contributed by atoms with van der Waals surface area (Å²) in [4.78, 5) is 18.9. The van der Waals surface area contributed by atoms with Crippen LogP contribution in [0.1, 0.15) is 47.8 Å². The second-order valence-electron chi connectivity index (χ2n) is 6.27. The molecule has 0 saturated carbocycles. The van der Waals surface area contributed by atoms with Gasteiger partial charge in [-0.05, 0) is 37.5 Å². The number of rotatable bonds is 5. The standard InChI is InChI=1S/C18H20F3N3OS/c1-2-5-13-11-26-17(22-13)23-16(25)14-7-6-12(18(19,20)21)10-15(14)24-8-3-4-9-24/h6-7,10-11H,2-5,8-9H2,1H3,(H,22,23,25). The number of anilines is 2. The Morgan fingerprint density at radius 2 is 2.04 bits per heavy atom. The highest BCUT2D eigenvalue weighted by Gasteiger charge is 2.32. The predicted molar refractivity (Wildman–Crippen MR) is 97.0 cm³/mol. The lowest BCUT2D eigenvalue weighted by Gasteiger charge is -2.22. The normalized spacial score (nSPS) is 14.7. The molecule has 0 spiro atoms. The molecule has 0 atom stereocenters. The maximum absolute atomic E-state index is 13.1. The van der Waals surface area contributed by atoms with E-state index in [2.05, 4.69) is 10.3 Å². The number of carbonyl (C=O) groups excluding carboxylic acids is 1. The number of halogens is 3. The van der Waals surface area contributed by atoms with E-state index >= 15 is 0 Å². The molecule has 0 unspecified atom stereocenters. The second kappa shape index (κ2) is 7.65. The van der Waals surface area contributed by atoms with Crippen LogP contribution in [0.5, 0.6) is 0 Å². The van der Waals surface area contributed by atoms with E-state index in [0.717, 1.165) is 43.5 Å². The molecule has 0 bridgehead atoms. The van der Waals surface area contributed by atoms with Crippen LogP contribution in [0.4, 0.5) is 24.0 Å². The zero-order valence-electron chi connectivity index (χ0n) is 14.4. The summed E-state index contributed by atoms with van der Waals surface area (Å²) in [6.07, 6.45) is -0.844. The van der Waals surface area contributed by atoms with Gasteiger partial charge < -0.3 is 4.90 Å². The number of hydrogen-bond acceptors (Lipinski definition) is 4. The van der Waals surface area contributed by atoms with Crippen LogP contribution in [0.15, 0.2) is 23.6 Å². The van der Waals surface area contributed by atoms with Crippen LogP contribution >= 0.6 is 11.3 Å². The summed E-state index contributed by atoms with van der Waals surface area (Å²) in [7, 11) is 0. The smallest absolute Gasteiger partial charge is 0.371 e. The van der Waals surface area contributed by atoms with Gasteiger partial charge in [0.1, 0.15) is 0 Å². The number of aromatic nitrogens is 1. The quantitative estimate of drug-likeness (QED) is 0.793. The van der Waals surface area contributed by atoms with Gasteiger partial charge in [0.05, 0.1) is 22.5 Å². The number of amides is 1. The first kappa shape index (κ1) is 18.7. The van der Waals surface area contributed by atoms with E-state index in [1.165, 1.54) is 17.4 Å². The Morgan fingerprint density at radius 3 is 2.69 bits per heavy atom. The third-order valence-electron chi connectivity index (χ3n) is 4.29. The number of aryl methyl sites for hydroxylation is 1. The summed E-state index contributed by atoms with van der Waals surface area (Å²) in [6, 6.07) is 3.29. The number of hydrogen-bond donors (Lipinski definition) is 1. The summed E-state index contributed by atoms with van der Waals surface area (Å²) in [5.74, 6) is -0.432. The lowest BCUT2D eigenvalue weighted by Crippen LogP contribution is -2.23. The molecule has 2 aromatic rings. The maximum atomic E-state index is 13.1. The first-order valence-corrected chi connectivity index (χ1v) is 9.48. The Bertz CT molecular complexity index is 782. The van der Waals surface area contributed by atoms with Crippen molar-refractivity contribution in [3.63, 3.8) is 0 Å². The lowest BCUT2D eigenvalue weighted by atomic mass is 10.1. The molecule has 4 nitrogen and oxygen atoms in total. The summed E-state index contributed by atoms with van der Waals surface area (Å²) >= 11 is 1.32. The van der Waals surface area contributed by atoms with Gasteiger partial charge >= 0.3 is 6.18 Å². The van der Waals surface area contributed by atoms with Gasteiger partial charge in [-0.25, -0.2) is 4.98 Å². The number of benzene rings is 1. The number of thiazole rings is 1. The molecule has 26 heavy (non-hydrogen) atoms. The molecule has 2 heterocycles. The van der Waals surface area contributed by atoms with Gasteiger partial charge in [0.25, 0.3) is 5.91 Å². The van der Waals surface area contributed by atoms with E-state index in [0.29, 0.717) is 23.9 Å². The molecular formula is C18H20F3N3OS. The van der Waals surface area contributed by atoms with E-state index in [1.54, 1.807) is 0 Å². The Hall–Kier alpha value is -2.09. The molecule has 8 heteroatoms. The molecule has 3 rings (SSSR count). The Kier molecular flexibility index (Phi) is 5.50. The topological polar surface area (TPSA) is 45.2 Å². The van der Waals surface area contributed by atoms with Gasteiger partial charge in [0.15, 0.2) is 5.13 Å². The molecule has 1 N–H and O–H groups in total. The van der Waals surface area contributed by atoms with Gasteiger partial charge in [0.2, 0.25) is 0 Å². The fourth-order valence-electron chi connectivity index (χ4n) is 3.02. The van der Waals surface area contributed by atoms with Gasteiger partial charge in [-0.15, -0.1) is 11.3 Å². The number of nitrogens with one attached hydrogen (secondary N) is 1. The Labute approximate surface area is 154 Å². The second-order valence-corrected chi connectivity index (χ2v) is 7.13. The third kappa shape index (κ3) is 4.17. The van der Waals surface area contributed by atoms with Crippen molar-refractivity contribution in [1.29, 1.82) is 0 Å². The van der Waals surface area contributed by atoms with E-state index in [1.807, 2.05) is 17.2 Å². The van der Waals surface area contributed by atoms with Crippen molar-refractivity contribution in [2.45, 2.75) is 38.8 Å². The van der Waals surface area contributed by atoms with Crippen LogP contribution in [0.2, 0.25) is 0 Å². The fraction of sp³-hybridized carbons (Fsp3) is 0.444. The van der Waals surface area contributed by atoms with Gasteiger partial charge in [-0.1, -0.05) is 13.3 Å². The minimum absolute atomic E-state index is 0.243. The van der Waals surface area contributed by atoms with Crippen LogP contribution in [0.3, 0.4) is 0 Å². The van der Waals surface area contributed by atoms with E-state index in [9.17, 15) is 18.0 Å². The molecule has 0 aliphatic carbocycles. The highest BCUT2D eigenvalue weighted by Crippen LogP contribution is 2.35. The monoisotopic (exact) mass is 383 g/mol. The molecule has 1 aliphatic rings. The van der Waals surface area contributed by atoms with E-state index in [4.69, 9.17) is 0 Å². The van der Waals surface area contributed by atoms with Crippen molar-refractivity contribution >= 4 is 28.1 Å². The van der Waals surface area contributed by atoms with Crippen molar-refractivity contribution in [2.75, 3.05) is 23.3 Å². The zero-order chi connectivity index (χ0) is 18.7. The highest BCUT2D eigenvalue weighted by atomic mass is 32.1.